The van der Waals surface area contributed by atoms with Crippen LogP contribution in [0.4, 0.5) is 0 Å². The number of Topliss-reactive ketones (excluding diaryl/α,β-unsaturated/α-hetero) is 2. The fraction of sp³-hybridized carbons (Fsp3) is 0.562. The van der Waals surface area contributed by atoms with Crippen molar-refractivity contribution in [2.45, 2.75) is 119 Å². The van der Waals surface area contributed by atoms with Crippen molar-refractivity contribution in [3.8, 4) is 17.2 Å². The Balaban J connectivity index is 0.909. The summed E-state index contributed by atoms with van der Waals surface area (Å²) in [6, 6.07) is 4.23. The predicted molar refractivity (Wildman–Crippen MR) is 230 cm³/mol. The van der Waals surface area contributed by atoms with E-state index >= 15 is 0 Å². The minimum Gasteiger partial charge on any atom is -0.507 e. The van der Waals surface area contributed by atoms with Crippen LogP contribution in [0, 0.1) is 0 Å². The Labute approximate surface area is 386 Å². The molecule has 2 unspecified atom stereocenters. The average Bonchev–Trinajstić information content (AvgIpc) is 3.86. The van der Waals surface area contributed by atoms with Crippen LogP contribution in [0.15, 0.2) is 42.6 Å². The molecule has 10 atom stereocenters. The monoisotopic (exact) mass is 932 g/mol. The summed E-state index contributed by atoms with van der Waals surface area (Å²) in [7, 11) is 2.88. The summed E-state index contributed by atoms with van der Waals surface area (Å²) in [5.41, 5.74) is -2.96. The number of benzene rings is 2. The summed E-state index contributed by atoms with van der Waals surface area (Å²) in [5.74, 6) is -3.81. The average molecular weight is 933 g/mol. The molecule has 4 fully saturated rings. The van der Waals surface area contributed by atoms with Gasteiger partial charge in [0.2, 0.25) is 5.78 Å². The number of hydrogen-bond acceptors (Lipinski definition) is 18. The van der Waals surface area contributed by atoms with Crippen molar-refractivity contribution in [3.63, 3.8) is 0 Å². The van der Waals surface area contributed by atoms with Crippen LogP contribution in [-0.2, 0) is 58.7 Å². The summed E-state index contributed by atoms with van der Waals surface area (Å²) < 4.78 is 53.8. The van der Waals surface area contributed by atoms with Gasteiger partial charge in [-0.3, -0.25) is 28.9 Å². The Morgan fingerprint density at radius 1 is 0.970 bits per heavy atom. The minimum absolute atomic E-state index is 0.0517. The first-order chi connectivity index (χ1) is 32.2. The second-order valence-electron chi connectivity index (χ2n) is 18.0. The SMILES string of the molecule is C=C1C=CC(=O)N1CCCC(=O)COCC1CCCC(OCC(=O)[C@]2(O)Cc3c(O)c4c(c(O)c3[C@@H](O[C@H]3C[C@H]5[C@H](O[C@@H]6[C@@H](OC)OCCN65)[C@H](C)O3)C2)C(=O)c2c(OC)cccc2C4=O)O1. The number of hydrogen-bond donors (Lipinski definition) is 3. The maximum absolute atomic E-state index is 14.3. The Kier molecular flexibility index (Phi) is 13.5. The summed E-state index contributed by atoms with van der Waals surface area (Å²) in [6.07, 6.45) is -0.914. The van der Waals surface area contributed by atoms with Crippen molar-refractivity contribution in [1.82, 2.24) is 9.80 Å². The van der Waals surface area contributed by atoms with E-state index in [9.17, 15) is 39.3 Å². The Morgan fingerprint density at radius 3 is 2.54 bits per heavy atom. The topological polar surface area (TPSA) is 236 Å². The molecule has 4 saturated heterocycles. The van der Waals surface area contributed by atoms with E-state index in [0.717, 1.165) is 0 Å². The molecule has 5 heterocycles. The molecule has 0 spiro atoms. The standard InChI is InChI=1S/C48H56N2O17/c1-24-13-14-34(53)49(24)15-7-8-26(51)21-61-22-27-9-5-12-35(65-27)63-23-33(52)48(58)19-29-38(44(57)40-39(42(29)55)41(54)28-10-6-11-31(59-3)37(28)43(40)56)32(20-48)66-36-18-30-45(25(2)64-36)67-46-47(60-4)62-17-16-50(30)46/h6,10-11,13-14,25,27,30,32,35-36,45-47,55,57-58H,1,5,7-9,12,15-23H2,2-4H3/t25-,27?,30-,32-,35?,36-,45+,46+,47-,48-/m0/s1. The number of fused-ring (bicyclic) bond motifs is 6. The summed E-state index contributed by atoms with van der Waals surface area (Å²) in [5, 5.41) is 36.5. The van der Waals surface area contributed by atoms with Crippen LogP contribution in [0.2, 0.25) is 0 Å². The molecule has 19 heteroatoms. The fourth-order valence-electron chi connectivity index (χ4n) is 10.5. The van der Waals surface area contributed by atoms with Gasteiger partial charge in [-0.2, -0.15) is 0 Å². The molecular weight excluding hydrogens is 877 g/mol. The first kappa shape index (κ1) is 47.1. The molecule has 0 radical (unpaired) electrons. The number of rotatable bonds is 16. The van der Waals surface area contributed by atoms with E-state index in [4.69, 9.17) is 42.6 Å². The maximum Gasteiger partial charge on any atom is 0.251 e. The first-order valence-corrected chi connectivity index (χ1v) is 22.8. The molecular formula is C48H56N2O17. The number of nitrogens with zero attached hydrogens (tertiary/aromatic N) is 2. The molecule has 19 nitrogen and oxygen atoms in total. The van der Waals surface area contributed by atoms with Crippen LogP contribution in [-0.4, -0.2) is 163 Å². The molecule has 360 valence electrons. The largest absolute Gasteiger partial charge is 0.507 e. The van der Waals surface area contributed by atoms with Crippen LogP contribution in [0.3, 0.4) is 0 Å². The van der Waals surface area contributed by atoms with Crippen molar-refractivity contribution < 1.29 is 81.9 Å². The van der Waals surface area contributed by atoms with Gasteiger partial charge < -0.3 is 62.9 Å². The number of carbonyl (C=O) groups excluding carboxylic acids is 5. The highest BCUT2D eigenvalue weighted by Gasteiger charge is 2.55. The van der Waals surface area contributed by atoms with Crippen LogP contribution in [0.1, 0.15) is 101 Å². The Bertz CT molecular complexity index is 2350. The minimum atomic E-state index is -2.28. The number of ether oxygens (including phenoxy) is 9. The molecule has 0 aromatic heterocycles. The molecule has 5 aliphatic heterocycles. The third-order valence-corrected chi connectivity index (χ3v) is 13.8. The number of aliphatic hydroxyl groups is 1. The maximum atomic E-state index is 14.3. The van der Waals surface area contributed by atoms with Crippen molar-refractivity contribution in [2.75, 3.05) is 53.7 Å². The van der Waals surface area contributed by atoms with Gasteiger partial charge in [0, 0.05) is 80.4 Å². The number of phenolic OH excluding ortho intramolecular Hbond substituents is 2. The number of aromatic hydroxyl groups is 2. The van der Waals surface area contributed by atoms with Gasteiger partial charge in [-0.15, -0.1) is 0 Å². The molecule has 67 heavy (non-hydrogen) atoms. The summed E-state index contributed by atoms with van der Waals surface area (Å²) in [4.78, 5) is 70.7. The van der Waals surface area contributed by atoms with Crippen LogP contribution < -0.4 is 4.74 Å². The van der Waals surface area contributed by atoms with E-state index in [1.165, 1.54) is 43.4 Å². The number of amides is 1. The highest BCUT2D eigenvalue weighted by atomic mass is 16.7. The Morgan fingerprint density at radius 2 is 1.78 bits per heavy atom. The zero-order valence-corrected chi connectivity index (χ0v) is 37.6. The first-order valence-electron chi connectivity index (χ1n) is 22.8. The van der Waals surface area contributed by atoms with Gasteiger partial charge in [-0.1, -0.05) is 18.7 Å². The highest BCUT2D eigenvalue weighted by Crippen LogP contribution is 2.53. The van der Waals surface area contributed by atoms with Gasteiger partial charge in [0.05, 0.1) is 55.3 Å². The van der Waals surface area contributed by atoms with Crippen LogP contribution in [0.5, 0.6) is 17.2 Å². The molecule has 7 aliphatic rings. The van der Waals surface area contributed by atoms with Gasteiger partial charge in [0.1, 0.15) is 42.2 Å². The van der Waals surface area contributed by atoms with E-state index in [1.807, 2.05) is 6.92 Å². The molecule has 2 aromatic carbocycles. The number of allylic oxidation sites excluding steroid dienone is 1. The molecule has 1 amide bonds. The molecule has 2 aromatic rings. The van der Waals surface area contributed by atoms with E-state index in [0.29, 0.717) is 51.1 Å². The number of ketones is 4. The van der Waals surface area contributed by atoms with Gasteiger partial charge in [-0.25, -0.2) is 0 Å². The van der Waals surface area contributed by atoms with E-state index in [1.54, 1.807) is 6.08 Å². The lowest BCUT2D eigenvalue weighted by atomic mass is 9.72. The zero-order chi connectivity index (χ0) is 47.3. The molecule has 0 bridgehead atoms. The molecule has 2 aliphatic carbocycles. The van der Waals surface area contributed by atoms with E-state index < -0.39 is 108 Å². The number of methoxy groups -OCH3 is 2. The summed E-state index contributed by atoms with van der Waals surface area (Å²) in [6.45, 7) is 6.33. The number of morpholine rings is 1. The van der Waals surface area contributed by atoms with E-state index in [2.05, 4.69) is 11.5 Å². The molecule has 9 rings (SSSR count). The predicted octanol–water partition coefficient (Wildman–Crippen LogP) is 2.91. The third kappa shape index (κ3) is 8.86. The van der Waals surface area contributed by atoms with Gasteiger partial charge in [0.25, 0.3) is 5.91 Å². The zero-order valence-electron chi connectivity index (χ0n) is 37.6. The third-order valence-electron chi connectivity index (χ3n) is 13.8. The quantitative estimate of drug-likeness (QED) is 0.175. The van der Waals surface area contributed by atoms with Crippen LogP contribution in [0.25, 0.3) is 0 Å². The van der Waals surface area contributed by atoms with Crippen molar-refractivity contribution in [3.05, 3.63) is 76.0 Å². The van der Waals surface area contributed by atoms with Crippen molar-refractivity contribution >= 4 is 29.0 Å². The van der Waals surface area contributed by atoms with Gasteiger partial charge in [-0.05, 0) is 44.7 Å². The van der Waals surface area contributed by atoms with Crippen LogP contribution >= 0.6 is 0 Å². The van der Waals surface area contributed by atoms with Gasteiger partial charge >= 0.3 is 0 Å². The lowest BCUT2D eigenvalue weighted by molar-refractivity contribution is -0.256. The highest BCUT2D eigenvalue weighted by molar-refractivity contribution is 6.31. The van der Waals surface area contributed by atoms with Crippen molar-refractivity contribution in [2.24, 2.45) is 0 Å². The van der Waals surface area contributed by atoms with E-state index in [-0.39, 0.29) is 77.9 Å². The van der Waals surface area contributed by atoms with Crippen molar-refractivity contribution in [1.29, 1.82) is 0 Å². The lowest BCUT2D eigenvalue weighted by Crippen LogP contribution is -2.55. The van der Waals surface area contributed by atoms with Gasteiger partial charge in [0.15, 0.2) is 42.4 Å². The molecule has 3 N–H and O–H groups in total. The Hall–Kier alpha value is -4.93. The normalized spacial score (nSPS) is 31.3. The second kappa shape index (κ2) is 19.2. The lowest BCUT2D eigenvalue weighted by Gasteiger charge is -2.43. The molecule has 0 saturated carbocycles. The number of carbonyl (C=O) groups is 5. The number of phenols is 2. The smallest absolute Gasteiger partial charge is 0.251 e. The summed E-state index contributed by atoms with van der Waals surface area (Å²) >= 11 is 0. The fourth-order valence-corrected chi connectivity index (χ4v) is 10.5. The second-order valence-corrected chi connectivity index (χ2v) is 18.0.